The zero-order chi connectivity index (χ0) is 18.4. The molecule has 0 spiro atoms. The summed E-state index contributed by atoms with van der Waals surface area (Å²) in [4.78, 5) is 16.5. The van der Waals surface area contributed by atoms with Crippen LogP contribution in [0.1, 0.15) is 30.9 Å². The first-order valence-electron chi connectivity index (χ1n) is 8.70. The van der Waals surface area contributed by atoms with Gasteiger partial charge in [-0.05, 0) is 29.2 Å². The number of nitrogens with one attached hydrogen (secondary N) is 1. The number of hydrogen-bond donors (Lipinski definition) is 1. The lowest BCUT2D eigenvalue weighted by atomic mass is 10.0. The molecule has 1 heterocycles. The molecule has 0 atom stereocenters. The maximum absolute atomic E-state index is 12.1. The monoisotopic (exact) mass is 365 g/mol. The Labute approximate surface area is 158 Å². The van der Waals surface area contributed by atoms with E-state index >= 15 is 0 Å². The van der Waals surface area contributed by atoms with Gasteiger partial charge in [-0.1, -0.05) is 68.1 Å². The van der Waals surface area contributed by atoms with Crippen molar-refractivity contribution in [1.82, 2.24) is 14.9 Å². The van der Waals surface area contributed by atoms with E-state index < -0.39 is 0 Å². The van der Waals surface area contributed by atoms with Crippen molar-refractivity contribution in [1.29, 1.82) is 0 Å². The smallest absolute Gasteiger partial charge is 0.230 e. The van der Waals surface area contributed by atoms with Crippen molar-refractivity contribution >= 4 is 17.7 Å². The van der Waals surface area contributed by atoms with Crippen LogP contribution in [-0.2, 0) is 11.3 Å². The first kappa shape index (κ1) is 18.3. The molecule has 0 aliphatic rings. The number of benzene rings is 2. The Morgan fingerprint density at radius 1 is 1.12 bits per heavy atom. The summed E-state index contributed by atoms with van der Waals surface area (Å²) in [5, 5.41) is 3.76. The molecule has 4 nitrogen and oxygen atoms in total. The first-order valence-corrected chi connectivity index (χ1v) is 9.69. The van der Waals surface area contributed by atoms with Gasteiger partial charge in [0.1, 0.15) is 0 Å². The van der Waals surface area contributed by atoms with Crippen molar-refractivity contribution < 1.29 is 4.79 Å². The lowest BCUT2D eigenvalue weighted by Crippen LogP contribution is -2.24. The highest BCUT2D eigenvalue weighted by molar-refractivity contribution is 7.99. The van der Waals surface area contributed by atoms with E-state index in [9.17, 15) is 4.79 Å². The fraction of sp³-hybridized carbons (Fsp3) is 0.238. The highest BCUT2D eigenvalue weighted by atomic mass is 32.2. The molecule has 134 valence electrons. The van der Waals surface area contributed by atoms with Gasteiger partial charge in [0.15, 0.2) is 5.16 Å². The van der Waals surface area contributed by atoms with Crippen LogP contribution in [0.2, 0.25) is 0 Å². The fourth-order valence-corrected chi connectivity index (χ4v) is 3.39. The summed E-state index contributed by atoms with van der Waals surface area (Å²) in [6.45, 7) is 4.91. The Morgan fingerprint density at radius 3 is 2.54 bits per heavy atom. The standard InChI is InChI=1S/C21H23N3OS/c1-16(2)18-8-10-19(11-9-18)24-13-12-22-21(24)26-15-20(25)23-14-17-6-4-3-5-7-17/h3-13,16H,14-15H2,1-2H3,(H,23,25). The Hall–Kier alpha value is -2.53. The molecule has 26 heavy (non-hydrogen) atoms. The Bertz CT molecular complexity index is 841. The zero-order valence-corrected chi connectivity index (χ0v) is 15.9. The summed E-state index contributed by atoms with van der Waals surface area (Å²) >= 11 is 1.44. The van der Waals surface area contributed by atoms with E-state index in [0.29, 0.717) is 18.2 Å². The minimum atomic E-state index is 0.00330. The van der Waals surface area contributed by atoms with Crippen LogP contribution in [-0.4, -0.2) is 21.2 Å². The van der Waals surface area contributed by atoms with E-state index in [4.69, 9.17) is 0 Å². The second-order valence-corrected chi connectivity index (χ2v) is 7.32. The van der Waals surface area contributed by atoms with E-state index in [-0.39, 0.29) is 5.91 Å². The van der Waals surface area contributed by atoms with Gasteiger partial charge in [-0.3, -0.25) is 9.36 Å². The quantitative estimate of drug-likeness (QED) is 0.631. The van der Waals surface area contributed by atoms with Crippen LogP contribution in [0.15, 0.2) is 72.1 Å². The van der Waals surface area contributed by atoms with Crippen molar-refractivity contribution in [2.45, 2.75) is 31.5 Å². The fourth-order valence-electron chi connectivity index (χ4n) is 2.59. The first-order chi connectivity index (χ1) is 12.6. The average Bonchev–Trinajstić information content (AvgIpc) is 3.14. The number of nitrogens with zero attached hydrogens (tertiary/aromatic N) is 2. The Kier molecular flexibility index (Phi) is 6.12. The van der Waals surface area contributed by atoms with Crippen LogP contribution in [0.3, 0.4) is 0 Å². The maximum atomic E-state index is 12.1. The van der Waals surface area contributed by atoms with Gasteiger partial charge < -0.3 is 5.32 Å². The molecule has 5 heteroatoms. The van der Waals surface area contributed by atoms with Crippen molar-refractivity contribution in [2.24, 2.45) is 0 Å². The van der Waals surface area contributed by atoms with Crippen LogP contribution in [0.4, 0.5) is 0 Å². The van der Waals surface area contributed by atoms with Crippen molar-refractivity contribution in [3.05, 3.63) is 78.1 Å². The number of hydrogen-bond acceptors (Lipinski definition) is 3. The molecule has 3 aromatic rings. The average molecular weight is 366 g/mol. The van der Waals surface area contributed by atoms with E-state index in [0.717, 1.165) is 16.4 Å². The normalized spacial score (nSPS) is 10.9. The molecular formula is C21H23N3OS. The minimum absolute atomic E-state index is 0.00330. The molecule has 0 bridgehead atoms. The molecule has 0 saturated carbocycles. The number of imidazole rings is 1. The largest absolute Gasteiger partial charge is 0.351 e. The maximum Gasteiger partial charge on any atom is 0.230 e. The Morgan fingerprint density at radius 2 is 1.85 bits per heavy atom. The SMILES string of the molecule is CC(C)c1ccc(-n2ccnc2SCC(=O)NCc2ccccc2)cc1. The summed E-state index contributed by atoms with van der Waals surface area (Å²) in [5.74, 6) is 0.853. The van der Waals surface area contributed by atoms with E-state index in [1.54, 1.807) is 6.20 Å². The number of rotatable bonds is 7. The molecule has 0 saturated heterocycles. The number of thioether (sulfide) groups is 1. The summed E-state index contributed by atoms with van der Waals surface area (Å²) in [6, 6.07) is 18.4. The van der Waals surface area contributed by atoms with Crippen molar-refractivity contribution in [2.75, 3.05) is 5.75 Å². The van der Waals surface area contributed by atoms with Crippen LogP contribution >= 0.6 is 11.8 Å². The lowest BCUT2D eigenvalue weighted by Gasteiger charge is -2.10. The highest BCUT2D eigenvalue weighted by Gasteiger charge is 2.09. The van der Waals surface area contributed by atoms with Gasteiger partial charge in [-0.15, -0.1) is 0 Å². The van der Waals surface area contributed by atoms with E-state index in [2.05, 4.69) is 48.4 Å². The molecule has 1 amide bonds. The number of carbonyl (C=O) groups excluding carboxylic acids is 1. The third-order valence-corrected chi connectivity index (χ3v) is 5.08. The predicted octanol–water partition coefficient (Wildman–Crippen LogP) is 4.40. The second-order valence-electron chi connectivity index (χ2n) is 6.38. The molecule has 3 rings (SSSR count). The van der Waals surface area contributed by atoms with E-state index in [1.807, 2.05) is 41.1 Å². The minimum Gasteiger partial charge on any atom is -0.351 e. The third-order valence-electron chi connectivity index (χ3n) is 4.11. The van der Waals surface area contributed by atoms with Crippen molar-refractivity contribution in [3.8, 4) is 5.69 Å². The molecule has 0 aliphatic heterocycles. The van der Waals surface area contributed by atoms with Crippen LogP contribution in [0, 0.1) is 0 Å². The third kappa shape index (κ3) is 4.76. The molecule has 0 unspecified atom stereocenters. The summed E-state index contributed by atoms with van der Waals surface area (Å²) in [6.07, 6.45) is 3.69. The van der Waals surface area contributed by atoms with Gasteiger partial charge in [-0.2, -0.15) is 0 Å². The number of aromatic nitrogens is 2. The van der Waals surface area contributed by atoms with Gasteiger partial charge in [0.05, 0.1) is 5.75 Å². The van der Waals surface area contributed by atoms with Gasteiger partial charge in [0, 0.05) is 24.6 Å². The van der Waals surface area contributed by atoms with Gasteiger partial charge in [-0.25, -0.2) is 4.98 Å². The van der Waals surface area contributed by atoms with E-state index in [1.165, 1.54) is 17.3 Å². The summed E-state index contributed by atoms with van der Waals surface area (Å²) in [5.41, 5.74) is 3.46. The molecule has 0 aliphatic carbocycles. The van der Waals surface area contributed by atoms with Crippen LogP contribution < -0.4 is 5.32 Å². The number of carbonyl (C=O) groups is 1. The van der Waals surface area contributed by atoms with Crippen molar-refractivity contribution in [3.63, 3.8) is 0 Å². The molecule has 1 N–H and O–H groups in total. The van der Waals surface area contributed by atoms with Gasteiger partial charge >= 0.3 is 0 Å². The molecule has 2 aromatic carbocycles. The Balaban J connectivity index is 1.57. The highest BCUT2D eigenvalue weighted by Crippen LogP contribution is 2.22. The lowest BCUT2D eigenvalue weighted by molar-refractivity contribution is -0.118. The molecular weight excluding hydrogens is 342 g/mol. The summed E-state index contributed by atoms with van der Waals surface area (Å²) < 4.78 is 2.01. The second kappa shape index (κ2) is 8.72. The van der Waals surface area contributed by atoms with Crippen LogP contribution in [0.5, 0.6) is 0 Å². The molecule has 1 aromatic heterocycles. The zero-order valence-electron chi connectivity index (χ0n) is 15.1. The topological polar surface area (TPSA) is 46.9 Å². The summed E-state index contributed by atoms with van der Waals surface area (Å²) in [7, 11) is 0. The van der Waals surface area contributed by atoms with Gasteiger partial charge in [0.25, 0.3) is 0 Å². The van der Waals surface area contributed by atoms with Gasteiger partial charge in [0.2, 0.25) is 5.91 Å². The molecule has 0 radical (unpaired) electrons. The molecule has 0 fully saturated rings. The number of amides is 1. The predicted molar refractivity (Wildman–Crippen MR) is 107 cm³/mol. The van der Waals surface area contributed by atoms with Crippen LogP contribution in [0.25, 0.3) is 5.69 Å².